The molecule has 0 radical (unpaired) electrons. The van der Waals surface area contributed by atoms with E-state index in [1.165, 1.54) is 30.4 Å². The zero-order valence-corrected chi connectivity index (χ0v) is 10.3. The Morgan fingerprint density at radius 2 is 1.83 bits per heavy atom. The van der Waals surface area contributed by atoms with Crippen LogP contribution in [0.5, 0.6) is 0 Å². The van der Waals surface area contributed by atoms with Crippen molar-refractivity contribution >= 4 is 28.0 Å². The maximum atomic E-state index is 12.2. The number of sulfone groups is 1. The molecular formula is C12H11BO4S. The Balaban J connectivity index is 2.81. The van der Waals surface area contributed by atoms with Crippen LogP contribution in [0.4, 0.5) is 0 Å². The smallest absolute Gasteiger partial charge is 0.423 e. The van der Waals surface area contributed by atoms with Crippen molar-refractivity contribution in [1.29, 1.82) is 0 Å². The van der Waals surface area contributed by atoms with Crippen molar-refractivity contribution in [2.24, 2.45) is 0 Å². The average molecular weight is 262 g/mol. The van der Waals surface area contributed by atoms with Gasteiger partial charge in [0.1, 0.15) is 0 Å². The second kappa shape index (κ2) is 4.24. The van der Waals surface area contributed by atoms with Crippen LogP contribution in [0, 0.1) is 0 Å². The molecule has 0 atom stereocenters. The third-order valence-electron chi connectivity index (χ3n) is 2.83. The molecule has 2 N–H and O–H groups in total. The van der Waals surface area contributed by atoms with Gasteiger partial charge in [0.05, 0.1) is 9.80 Å². The molecule has 0 aliphatic carbocycles. The van der Waals surface area contributed by atoms with Gasteiger partial charge in [-0.05, 0) is 17.6 Å². The van der Waals surface area contributed by atoms with Crippen molar-refractivity contribution in [1.82, 2.24) is 0 Å². The third-order valence-corrected chi connectivity index (χ3v) is 4.73. The summed E-state index contributed by atoms with van der Waals surface area (Å²) in [5.41, 5.74) is 1.08. The van der Waals surface area contributed by atoms with Crippen LogP contribution < -0.4 is 5.46 Å². The van der Waals surface area contributed by atoms with Gasteiger partial charge in [0.15, 0.2) is 0 Å². The molecule has 0 bridgehead atoms. The molecule has 4 nitrogen and oxygen atoms in total. The molecule has 1 aromatic rings. The summed E-state index contributed by atoms with van der Waals surface area (Å²) in [7, 11) is -5.21. The highest BCUT2D eigenvalue weighted by atomic mass is 32.2. The SMILES string of the molecule is C=CC1=C(C=C)S(=O)(=O)c2ccc(B(O)O)cc21. The lowest BCUT2D eigenvalue weighted by molar-refractivity contribution is 0.425. The van der Waals surface area contributed by atoms with E-state index in [1.807, 2.05) is 0 Å². The summed E-state index contributed by atoms with van der Waals surface area (Å²) in [4.78, 5) is 0.230. The number of hydrogen-bond donors (Lipinski definition) is 2. The topological polar surface area (TPSA) is 74.6 Å². The Kier molecular flexibility index (Phi) is 3.02. The van der Waals surface area contributed by atoms with Crippen molar-refractivity contribution in [3.63, 3.8) is 0 Å². The van der Waals surface area contributed by atoms with Gasteiger partial charge in [-0.2, -0.15) is 0 Å². The number of fused-ring (bicyclic) bond motifs is 1. The van der Waals surface area contributed by atoms with E-state index in [-0.39, 0.29) is 15.3 Å². The summed E-state index contributed by atoms with van der Waals surface area (Å²) in [6.07, 6.45) is 2.69. The molecule has 2 rings (SSSR count). The largest absolute Gasteiger partial charge is 0.488 e. The quantitative estimate of drug-likeness (QED) is 0.765. The average Bonchev–Trinajstić information content (AvgIpc) is 2.55. The molecule has 0 unspecified atom stereocenters. The normalized spacial score (nSPS) is 16.3. The predicted octanol–water partition coefficient (Wildman–Crippen LogP) is 0.237. The molecule has 1 heterocycles. The van der Waals surface area contributed by atoms with E-state index >= 15 is 0 Å². The maximum Gasteiger partial charge on any atom is 0.488 e. The first kappa shape index (κ1) is 12.8. The first-order valence-electron chi connectivity index (χ1n) is 5.18. The van der Waals surface area contributed by atoms with E-state index in [0.29, 0.717) is 11.1 Å². The van der Waals surface area contributed by atoms with Gasteiger partial charge in [-0.25, -0.2) is 8.42 Å². The zero-order valence-electron chi connectivity index (χ0n) is 9.50. The number of allylic oxidation sites excluding steroid dienone is 3. The van der Waals surface area contributed by atoms with Crippen LogP contribution in [0.1, 0.15) is 5.56 Å². The van der Waals surface area contributed by atoms with Crippen LogP contribution in [-0.2, 0) is 9.84 Å². The Hall–Kier alpha value is -1.63. The van der Waals surface area contributed by atoms with E-state index < -0.39 is 17.0 Å². The number of rotatable bonds is 3. The Labute approximate surface area is 106 Å². The lowest BCUT2D eigenvalue weighted by Gasteiger charge is -2.04. The van der Waals surface area contributed by atoms with Crippen LogP contribution in [-0.4, -0.2) is 25.6 Å². The van der Waals surface area contributed by atoms with Gasteiger partial charge < -0.3 is 10.0 Å². The van der Waals surface area contributed by atoms with Crippen LogP contribution in [0.15, 0.2) is 53.3 Å². The Morgan fingerprint density at radius 3 is 2.33 bits per heavy atom. The molecule has 0 spiro atoms. The monoisotopic (exact) mass is 262 g/mol. The lowest BCUT2D eigenvalue weighted by Crippen LogP contribution is -2.30. The first-order chi connectivity index (χ1) is 8.43. The summed E-state index contributed by atoms with van der Waals surface area (Å²) in [5.74, 6) is 0. The summed E-state index contributed by atoms with van der Waals surface area (Å²) < 4.78 is 24.3. The van der Waals surface area contributed by atoms with Gasteiger partial charge in [0.25, 0.3) is 0 Å². The van der Waals surface area contributed by atoms with Crippen molar-refractivity contribution < 1.29 is 18.5 Å². The molecule has 0 aromatic heterocycles. The highest BCUT2D eigenvalue weighted by Crippen LogP contribution is 2.39. The van der Waals surface area contributed by atoms with Gasteiger partial charge in [-0.3, -0.25) is 0 Å². The van der Waals surface area contributed by atoms with E-state index in [9.17, 15) is 8.42 Å². The van der Waals surface area contributed by atoms with Crippen LogP contribution in [0.3, 0.4) is 0 Å². The van der Waals surface area contributed by atoms with Crippen molar-refractivity contribution in [3.8, 4) is 0 Å². The number of benzene rings is 1. The molecule has 6 heteroatoms. The molecule has 18 heavy (non-hydrogen) atoms. The van der Waals surface area contributed by atoms with Crippen molar-refractivity contribution in [2.75, 3.05) is 0 Å². The lowest BCUT2D eigenvalue weighted by atomic mass is 9.79. The molecular weight excluding hydrogens is 251 g/mol. The molecule has 92 valence electrons. The minimum absolute atomic E-state index is 0.0945. The first-order valence-corrected chi connectivity index (χ1v) is 6.66. The van der Waals surface area contributed by atoms with Gasteiger partial charge in [-0.15, -0.1) is 0 Å². The number of hydrogen-bond acceptors (Lipinski definition) is 4. The molecule has 1 aliphatic rings. The maximum absolute atomic E-state index is 12.2. The fourth-order valence-electron chi connectivity index (χ4n) is 1.98. The minimum Gasteiger partial charge on any atom is -0.423 e. The molecule has 0 saturated carbocycles. The summed E-state index contributed by atoms with van der Waals surface area (Å²) >= 11 is 0. The van der Waals surface area contributed by atoms with Gasteiger partial charge in [0, 0.05) is 11.1 Å². The summed E-state index contributed by atoms with van der Waals surface area (Å²) in [6.45, 7) is 7.08. The second-order valence-electron chi connectivity index (χ2n) is 3.82. The molecule has 1 aliphatic heterocycles. The van der Waals surface area contributed by atoms with Gasteiger partial charge >= 0.3 is 7.12 Å². The van der Waals surface area contributed by atoms with E-state index in [1.54, 1.807) is 0 Å². The highest BCUT2D eigenvalue weighted by Gasteiger charge is 2.33. The predicted molar refractivity (Wildman–Crippen MR) is 70.8 cm³/mol. The van der Waals surface area contributed by atoms with Crippen LogP contribution in [0.2, 0.25) is 0 Å². The third kappa shape index (κ3) is 1.66. The Morgan fingerprint density at radius 1 is 1.17 bits per heavy atom. The van der Waals surface area contributed by atoms with Crippen LogP contribution in [0.25, 0.3) is 5.57 Å². The fourth-order valence-corrected chi connectivity index (χ4v) is 3.62. The fraction of sp³-hybridized carbons (Fsp3) is 0. The summed E-state index contributed by atoms with van der Waals surface area (Å²) in [5, 5.41) is 18.2. The van der Waals surface area contributed by atoms with Gasteiger partial charge in [0.2, 0.25) is 9.84 Å². The zero-order chi connectivity index (χ0) is 13.5. The van der Waals surface area contributed by atoms with E-state index in [4.69, 9.17) is 10.0 Å². The molecule has 0 amide bonds. The standard InChI is InChI=1S/C12H11BO4S/c1-3-9-10-7-8(13(14)15)5-6-12(10)18(16,17)11(9)4-2/h3-7,14-15H,1-2H2. The van der Waals surface area contributed by atoms with E-state index in [2.05, 4.69) is 13.2 Å². The van der Waals surface area contributed by atoms with Crippen molar-refractivity contribution in [3.05, 3.63) is 54.0 Å². The molecule has 0 saturated heterocycles. The Bertz CT molecular complexity index is 671. The second-order valence-corrected chi connectivity index (χ2v) is 5.71. The molecule has 0 fully saturated rings. The van der Waals surface area contributed by atoms with Gasteiger partial charge in [-0.1, -0.05) is 31.4 Å². The van der Waals surface area contributed by atoms with Crippen LogP contribution >= 0.6 is 0 Å². The highest BCUT2D eigenvalue weighted by molar-refractivity contribution is 7.96. The van der Waals surface area contributed by atoms with Crippen molar-refractivity contribution in [2.45, 2.75) is 4.90 Å². The molecule has 1 aromatic carbocycles. The van der Waals surface area contributed by atoms with E-state index in [0.717, 1.165) is 0 Å². The summed E-state index contributed by atoms with van der Waals surface area (Å²) in [6, 6.07) is 4.16. The minimum atomic E-state index is -3.57.